The zero-order valence-electron chi connectivity index (χ0n) is 41.5. The second kappa shape index (κ2) is 30.7. The molecule has 20 nitrogen and oxygen atoms in total. The molecule has 80 heavy (non-hydrogen) atoms. The summed E-state index contributed by atoms with van der Waals surface area (Å²) in [6.07, 6.45) is 12.7. The quantitative estimate of drug-likeness (QED) is 0.0707. The van der Waals surface area contributed by atoms with E-state index in [9.17, 15) is 19.5 Å². The minimum absolute atomic E-state index is 0. The Kier molecular flexibility index (Phi) is 22.7. The molecule has 0 spiro atoms. The molecular weight excluding hydrogens is 1280 g/mol. The van der Waals surface area contributed by atoms with Crippen LogP contribution in [0, 0.1) is 0 Å². The van der Waals surface area contributed by atoms with Crippen LogP contribution < -0.4 is 24.5 Å². The molecule has 0 aliphatic rings. The van der Waals surface area contributed by atoms with Crippen molar-refractivity contribution in [2.24, 2.45) is 0 Å². The number of imidazole rings is 2. The summed E-state index contributed by atoms with van der Waals surface area (Å²) in [6, 6.07) is 50.4. The van der Waals surface area contributed by atoms with Crippen molar-refractivity contribution in [2.45, 2.75) is 0 Å². The number of carbonyl (C=O) groups is 3. The van der Waals surface area contributed by atoms with Gasteiger partial charge in [0.25, 0.3) is 6.47 Å². The van der Waals surface area contributed by atoms with E-state index in [1.54, 1.807) is 36.9 Å². The maximum absolute atomic E-state index is 10.8. The first-order valence-corrected chi connectivity index (χ1v) is 23.3. The Bertz CT molecular complexity index is 3580. The molecule has 398 valence electrons. The van der Waals surface area contributed by atoms with Gasteiger partial charge in [0.15, 0.2) is 6.79 Å². The molecule has 12 rings (SSSR count). The van der Waals surface area contributed by atoms with Crippen molar-refractivity contribution in [3.8, 4) is 68.7 Å². The van der Waals surface area contributed by atoms with E-state index in [1.165, 1.54) is 61.2 Å². The molecule has 2 N–H and O–H groups in total. The average Bonchev–Trinajstić information content (AvgIpc) is 4.15. The van der Waals surface area contributed by atoms with Gasteiger partial charge >= 0.3 is 45.2 Å². The number of aromatic carboxylic acids is 2. The summed E-state index contributed by atoms with van der Waals surface area (Å²) >= 11 is 0. The number of carboxylic acid groups (broad SMARTS) is 2. The van der Waals surface area contributed by atoms with Crippen LogP contribution in [-0.4, -0.2) is 85.3 Å². The van der Waals surface area contributed by atoms with E-state index in [0.29, 0.717) is 52.4 Å². The van der Waals surface area contributed by atoms with E-state index in [-0.39, 0.29) is 50.4 Å². The summed E-state index contributed by atoms with van der Waals surface area (Å²) in [4.78, 5) is 82.5. The number of aliphatic hydroxyl groups excluding tert-OH is 1. The minimum atomic E-state index is -1.28. The molecule has 2 aromatic carbocycles. The minimum Gasteiger partial charge on any atom is -0.545 e. The van der Waals surface area contributed by atoms with Gasteiger partial charge in [-0.25, -0.2) is 4.79 Å². The first-order chi connectivity index (χ1) is 38.2. The summed E-state index contributed by atoms with van der Waals surface area (Å²) in [5.41, 5.74) is 8.96. The van der Waals surface area contributed by atoms with Crippen LogP contribution in [0.1, 0.15) is 20.7 Å². The predicted molar refractivity (Wildman–Crippen MR) is 285 cm³/mol. The van der Waals surface area contributed by atoms with Gasteiger partial charge in [-0.15, -0.1) is 0 Å². The van der Waals surface area contributed by atoms with E-state index in [0.717, 1.165) is 44.8 Å². The van der Waals surface area contributed by atoms with Crippen molar-refractivity contribution in [3.63, 3.8) is 0 Å². The normalized spacial score (nSPS) is 9.91. The summed E-state index contributed by atoms with van der Waals surface area (Å²) in [6.45, 7) is -0.143. The molecule has 2 radical (unpaired) electrons. The molecule has 0 saturated carbocycles. The Hall–Kier alpha value is -9.99. The fourth-order valence-electron chi connectivity index (χ4n) is 6.87. The monoisotopic (exact) mass is 1330 g/mol. The molecule has 10 aromatic heterocycles. The Balaban J connectivity index is 0.000000162. The van der Waals surface area contributed by atoms with E-state index in [4.69, 9.17) is 14.9 Å². The third-order valence-electron chi connectivity index (χ3n) is 10.5. The number of ether oxygens (including phenoxy) is 2. The molecule has 0 aliphatic heterocycles. The third kappa shape index (κ3) is 17.0. The molecule has 12 aromatic rings. The molecule has 10 heterocycles. The van der Waals surface area contributed by atoms with E-state index in [1.807, 2.05) is 121 Å². The Morgan fingerprint density at radius 3 is 1.21 bits per heavy atom. The zero-order valence-corrected chi connectivity index (χ0v) is 45.8. The Morgan fingerprint density at radius 2 is 0.825 bits per heavy atom. The third-order valence-corrected chi connectivity index (χ3v) is 10.5. The van der Waals surface area contributed by atoms with Crippen molar-refractivity contribution < 1.29 is 78.4 Å². The summed E-state index contributed by atoms with van der Waals surface area (Å²) in [5.74, 6) is -0.402. The van der Waals surface area contributed by atoms with Crippen LogP contribution in [0.2, 0.25) is 0 Å². The maximum atomic E-state index is 10.8. The molecule has 0 aliphatic carbocycles. The second-order valence-corrected chi connectivity index (χ2v) is 15.6. The number of aromatic nitrogens is 12. The van der Waals surface area contributed by atoms with E-state index >= 15 is 0 Å². The number of carboxylic acids is 2. The molecule has 22 heteroatoms. The Labute approximate surface area is 482 Å². The number of nitrogens with zero attached hydrogens (tertiary/aromatic N) is 12. The number of aliphatic hydroxyl groups is 1. The van der Waals surface area contributed by atoms with Gasteiger partial charge in [-0.1, -0.05) is 84.4 Å². The van der Waals surface area contributed by atoms with Gasteiger partial charge in [-0.05, 0) is 107 Å². The second-order valence-electron chi connectivity index (χ2n) is 15.6. The molecule has 0 atom stereocenters. The van der Waals surface area contributed by atoms with Gasteiger partial charge in [0, 0.05) is 67.3 Å². The first-order valence-electron chi connectivity index (χ1n) is 23.3. The number of carbonyl (C=O) groups excluding carboxylic acids is 2. The summed E-state index contributed by atoms with van der Waals surface area (Å²) < 4.78 is 9.59. The fourth-order valence-corrected chi connectivity index (χ4v) is 6.87. The topological polar surface area (TPSA) is 290 Å². The van der Waals surface area contributed by atoms with Crippen molar-refractivity contribution >= 4 is 40.5 Å². The van der Waals surface area contributed by atoms with Crippen molar-refractivity contribution in [3.05, 3.63) is 231 Å². The van der Waals surface area contributed by atoms with Crippen LogP contribution >= 0.6 is 0 Å². The summed E-state index contributed by atoms with van der Waals surface area (Å²) in [7, 11) is 0. The fraction of sp³-hybridized carbons (Fsp3) is 0.0172. The molecule has 0 bridgehead atoms. The van der Waals surface area contributed by atoms with E-state index < -0.39 is 18.7 Å². The van der Waals surface area contributed by atoms with Crippen LogP contribution in [0.3, 0.4) is 0 Å². The van der Waals surface area contributed by atoms with Crippen LogP contribution in [0.5, 0.6) is 11.5 Å². The summed E-state index contributed by atoms with van der Waals surface area (Å²) in [5, 5.41) is 28.3. The van der Waals surface area contributed by atoms with Crippen LogP contribution in [-0.2, 0) is 44.1 Å². The number of para-hydroxylation sites is 4. The largest absolute Gasteiger partial charge is 1.00 e. The number of benzene rings is 2. The molecule has 0 fully saturated rings. The zero-order chi connectivity index (χ0) is 54.3. The van der Waals surface area contributed by atoms with Gasteiger partial charge in [-0.2, -0.15) is 0 Å². The number of fused-ring (bicyclic) bond motifs is 2. The average molecular weight is 1330 g/mol. The first kappa shape index (κ1) is 59.3. The van der Waals surface area contributed by atoms with Crippen molar-refractivity contribution in [2.75, 3.05) is 6.79 Å². The van der Waals surface area contributed by atoms with Crippen molar-refractivity contribution in [1.29, 1.82) is 0 Å². The van der Waals surface area contributed by atoms with Gasteiger partial charge in [-0.3, -0.25) is 44.7 Å². The van der Waals surface area contributed by atoms with Gasteiger partial charge in [0.2, 0.25) is 0 Å². The number of pyridine rings is 8. The standard InChI is InChI=1S/C14H8N4.C12H10N2O4.C12H8N2O4.2C10H8N2.Os.Ru/c1-2-6-10-9(5-1)15-13(16-10)14-17-11-7-3-4-8-12(11)18-14;2*15-7-18-9-2-4-14-11(6-9)10-5-8(12(16)17)1-3-13-10;2*1-3-7-11-9(5-1)10-6-2-4-8-12-10;;/h1-8H;1-6,15H,7H2,(H,16,17);1-7H,(H,16,17);2*1-8H;;/q-2;;;;;2*+1/p-1. The van der Waals surface area contributed by atoms with Gasteiger partial charge < -0.3 is 49.5 Å². The molecular formula is C58H41N12O8OsRu-. The number of rotatable bonds is 11. The van der Waals surface area contributed by atoms with Crippen LogP contribution in [0.15, 0.2) is 219 Å². The SMILES string of the molecule is O=C([O-])c1ccnc(-c2cc(OCO)ccn2)c1.O=COc1ccnc(-c2cc(C(=O)O)ccn2)c1.[Os+].[Ru+].c1ccc(-c2ccccn2)nc1.c1ccc(-c2ccccn2)nc1.c1ccc2[n-]c(-c3nc4ccccc4[n-]3)nc2c1. The van der Waals surface area contributed by atoms with Crippen LogP contribution in [0.4, 0.5) is 0 Å². The van der Waals surface area contributed by atoms with Crippen LogP contribution in [0.25, 0.3) is 79.3 Å². The molecule has 0 unspecified atom stereocenters. The molecule has 0 saturated heterocycles. The maximum Gasteiger partial charge on any atom is 1.00 e. The van der Waals surface area contributed by atoms with Gasteiger partial charge in [0.05, 0.1) is 57.1 Å². The number of hydrogen-bond donors (Lipinski definition) is 2. The Morgan fingerprint density at radius 1 is 0.463 bits per heavy atom. The number of hydrogen-bond acceptors (Lipinski definition) is 17. The predicted octanol–water partition coefficient (Wildman–Crippen LogP) is 7.86. The van der Waals surface area contributed by atoms with Crippen molar-refractivity contribution in [1.82, 2.24) is 59.8 Å². The smallest absolute Gasteiger partial charge is 0.545 e. The van der Waals surface area contributed by atoms with E-state index in [2.05, 4.69) is 64.5 Å². The van der Waals surface area contributed by atoms with Gasteiger partial charge in [0.1, 0.15) is 11.5 Å². The molecule has 0 amide bonds.